The standard InChI is InChI=1S/C5H6.6ClH.3Ti/c1-2-4-5-3-1;;;;;;;;;/h1-4H,5H2;6*1H;;;/q;;;;;;;3*+2/p-6. The minimum atomic E-state index is -0.556. The Labute approximate surface area is 135 Å². The van der Waals surface area contributed by atoms with Gasteiger partial charge in [0.2, 0.25) is 0 Å². The summed E-state index contributed by atoms with van der Waals surface area (Å²) < 4.78 is 0. The van der Waals surface area contributed by atoms with Crippen LogP contribution < -0.4 is 0 Å². The van der Waals surface area contributed by atoms with Crippen molar-refractivity contribution in [1.29, 1.82) is 0 Å². The van der Waals surface area contributed by atoms with Gasteiger partial charge in [0.25, 0.3) is 0 Å². The third-order valence-electron chi connectivity index (χ3n) is 0.655. The van der Waals surface area contributed by atoms with Crippen molar-refractivity contribution in [2.45, 2.75) is 6.42 Å². The van der Waals surface area contributed by atoms with Crippen LogP contribution in [0.2, 0.25) is 0 Å². The molecule has 9 heteroatoms. The Kier molecular flexibility index (Phi) is 48.1. The molecule has 0 heterocycles. The fraction of sp³-hybridized carbons (Fsp3) is 0.200. The van der Waals surface area contributed by atoms with Gasteiger partial charge < -0.3 is 0 Å². The van der Waals surface area contributed by atoms with Gasteiger partial charge in [-0.05, 0) is 6.42 Å². The van der Waals surface area contributed by atoms with Gasteiger partial charge >= 0.3 is 107 Å². The second kappa shape index (κ2) is 29.9. The van der Waals surface area contributed by atoms with Crippen LogP contribution in [-0.2, 0) is 51.1 Å². The quantitative estimate of drug-likeness (QED) is 0.444. The Balaban J connectivity index is -0.000000121. The number of hydrogen-bond acceptors (Lipinski definition) is 0. The molecule has 0 nitrogen and oxygen atoms in total. The molecule has 0 fully saturated rings. The summed E-state index contributed by atoms with van der Waals surface area (Å²) in [4.78, 5) is 0. The summed E-state index contributed by atoms with van der Waals surface area (Å²) in [6.45, 7) is 0. The van der Waals surface area contributed by atoms with E-state index in [0.717, 1.165) is 6.42 Å². The van der Waals surface area contributed by atoms with E-state index in [4.69, 9.17) is 55.8 Å². The topological polar surface area (TPSA) is 0 Å². The average Bonchev–Trinajstić information content (AvgIpc) is 2.63. The van der Waals surface area contributed by atoms with E-state index in [1.165, 1.54) is 0 Å². The molecule has 80 valence electrons. The molecule has 0 atom stereocenters. The Morgan fingerprint density at radius 3 is 0.929 bits per heavy atom. The predicted molar refractivity (Wildman–Crippen MR) is 58.0 cm³/mol. The molecule has 1 aliphatic rings. The van der Waals surface area contributed by atoms with Crippen molar-refractivity contribution in [2.75, 3.05) is 0 Å². The van der Waals surface area contributed by atoms with Crippen molar-refractivity contribution < 1.29 is 51.1 Å². The molecule has 0 N–H and O–H groups in total. The van der Waals surface area contributed by atoms with E-state index in [9.17, 15) is 0 Å². The van der Waals surface area contributed by atoms with Gasteiger partial charge in [0.15, 0.2) is 0 Å². The third-order valence-corrected chi connectivity index (χ3v) is 0.655. The van der Waals surface area contributed by atoms with E-state index in [2.05, 4.69) is 24.3 Å². The van der Waals surface area contributed by atoms with Crippen LogP contribution in [0.25, 0.3) is 0 Å². The molecule has 0 saturated heterocycles. The summed E-state index contributed by atoms with van der Waals surface area (Å²) in [5.74, 6) is 0. The Morgan fingerprint density at radius 2 is 0.857 bits per heavy atom. The Hall–Kier alpha value is 3.36. The van der Waals surface area contributed by atoms with Crippen molar-refractivity contribution in [3.05, 3.63) is 24.3 Å². The molecular formula is C5H6Cl6Ti3. The van der Waals surface area contributed by atoms with E-state index < -0.39 is 51.1 Å². The van der Waals surface area contributed by atoms with Crippen LogP contribution in [0, 0.1) is 0 Å². The summed E-state index contributed by atoms with van der Waals surface area (Å²) in [7, 11) is 29.3. The summed E-state index contributed by atoms with van der Waals surface area (Å²) in [6.07, 6.45) is 9.50. The minimum absolute atomic E-state index is 0.556. The van der Waals surface area contributed by atoms with Crippen LogP contribution in [0.5, 0.6) is 0 Å². The zero-order valence-electron chi connectivity index (χ0n) is 6.78. The summed E-state index contributed by atoms with van der Waals surface area (Å²) in [6, 6.07) is 0. The van der Waals surface area contributed by atoms with Gasteiger partial charge in [-0.3, -0.25) is 0 Å². The SMILES string of the molecule is C1=CCC=C1.[Cl][Ti][Cl].[Cl][Ti][Cl].[Cl][Ti][Cl]. The zero-order valence-corrected chi connectivity index (χ0v) is 16.0. The Bertz CT molecular complexity index is 105. The molecular weight excluding hydrogens is 416 g/mol. The fourth-order valence-electron chi connectivity index (χ4n) is 0.393. The molecule has 0 aromatic rings. The van der Waals surface area contributed by atoms with Crippen LogP contribution in [0.4, 0.5) is 0 Å². The number of halogens is 6. The van der Waals surface area contributed by atoms with Crippen molar-refractivity contribution in [3.63, 3.8) is 0 Å². The molecule has 0 aromatic heterocycles. The molecule has 1 aliphatic carbocycles. The maximum atomic E-state index is 4.89. The number of hydrogen-bond donors (Lipinski definition) is 0. The van der Waals surface area contributed by atoms with Crippen molar-refractivity contribution in [1.82, 2.24) is 0 Å². The summed E-state index contributed by atoms with van der Waals surface area (Å²) in [5, 5.41) is 0. The molecule has 1 rings (SSSR count). The van der Waals surface area contributed by atoms with Crippen LogP contribution in [-0.4, -0.2) is 0 Å². The first-order chi connectivity index (χ1) is 6.74. The molecule has 0 saturated carbocycles. The van der Waals surface area contributed by atoms with E-state index in [0.29, 0.717) is 0 Å². The van der Waals surface area contributed by atoms with E-state index >= 15 is 0 Å². The monoisotopic (exact) mass is 420 g/mol. The maximum absolute atomic E-state index is 4.89. The van der Waals surface area contributed by atoms with Gasteiger partial charge in [0.05, 0.1) is 0 Å². The van der Waals surface area contributed by atoms with Gasteiger partial charge in [0.1, 0.15) is 0 Å². The number of rotatable bonds is 0. The average molecular weight is 422 g/mol. The number of allylic oxidation sites excluding steroid dienone is 4. The predicted octanol–water partition coefficient (Wildman–Crippen LogP) is 5.63. The first-order valence-corrected chi connectivity index (χ1v) is 15.8. The molecule has 0 aromatic carbocycles. The first kappa shape index (κ1) is 22.5. The van der Waals surface area contributed by atoms with Crippen LogP contribution in [0.3, 0.4) is 0 Å². The van der Waals surface area contributed by atoms with Gasteiger partial charge in [-0.25, -0.2) is 0 Å². The zero-order chi connectivity index (χ0) is 11.7. The second-order valence-corrected chi connectivity index (χ2v) is 9.04. The van der Waals surface area contributed by atoms with Crippen molar-refractivity contribution in [2.24, 2.45) is 0 Å². The van der Waals surface area contributed by atoms with E-state index in [1.807, 2.05) is 0 Å². The van der Waals surface area contributed by atoms with E-state index in [1.54, 1.807) is 0 Å². The molecule has 0 bridgehead atoms. The van der Waals surface area contributed by atoms with Crippen molar-refractivity contribution in [3.8, 4) is 0 Å². The van der Waals surface area contributed by atoms with Crippen LogP contribution in [0.1, 0.15) is 6.42 Å². The Morgan fingerprint density at radius 1 is 0.643 bits per heavy atom. The van der Waals surface area contributed by atoms with Gasteiger partial charge in [0, 0.05) is 0 Å². The van der Waals surface area contributed by atoms with Crippen molar-refractivity contribution >= 4 is 55.8 Å². The molecule has 0 aliphatic heterocycles. The van der Waals surface area contributed by atoms with Crippen LogP contribution >= 0.6 is 55.8 Å². The third kappa shape index (κ3) is 45.3. The summed E-state index contributed by atoms with van der Waals surface area (Å²) in [5.41, 5.74) is 0. The molecule has 14 heavy (non-hydrogen) atoms. The summed E-state index contributed by atoms with van der Waals surface area (Å²) >= 11 is -1.67. The normalized spacial score (nSPS) is 9.29. The van der Waals surface area contributed by atoms with Crippen LogP contribution in [0.15, 0.2) is 24.3 Å². The first-order valence-electron chi connectivity index (χ1n) is 2.95. The van der Waals surface area contributed by atoms with Gasteiger partial charge in [-0.15, -0.1) is 0 Å². The van der Waals surface area contributed by atoms with Gasteiger partial charge in [-0.1, -0.05) is 24.3 Å². The molecule has 0 spiro atoms. The van der Waals surface area contributed by atoms with Gasteiger partial charge in [-0.2, -0.15) is 0 Å². The molecule has 0 unspecified atom stereocenters. The molecule has 0 radical (unpaired) electrons. The van der Waals surface area contributed by atoms with E-state index in [-0.39, 0.29) is 0 Å². The fourth-order valence-corrected chi connectivity index (χ4v) is 0.393. The molecule has 0 amide bonds. The second-order valence-electron chi connectivity index (χ2n) is 1.31.